The van der Waals surface area contributed by atoms with Gasteiger partial charge in [0.2, 0.25) is 0 Å². The zero-order valence-electron chi connectivity index (χ0n) is 22.3. The second-order valence-corrected chi connectivity index (χ2v) is 8.72. The van der Waals surface area contributed by atoms with Crippen LogP contribution in [-0.2, 0) is 23.7 Å². The summed E-state index contributed by atoms with van der Waals surface area (Å²) >= 11 is 0. The van der Waals surface area contributed by atoms with E-state index < -0.39 is 0 Å². The first-order valence-electron chi connectivity index (χ1n) is 14.1. The van der Waals surface area contributed by atoms with Crippen LogP contribution >= 0.6 is 0 Å². The SMILES string of the molecule is CCCCCCCC/C=C\CCCCCCCCOCCOCCOCCOCCOCCO. The van der Waals surface area contributed by atoms with Crippen LogP contribution in [0.4, 0.5) is 0 Å². The maximum Gasteiger partial charge on any atom is 0.0701 e. The van der Waals surface area contributed by atoms with E-state index in [9.17, 15) is 0 Å². The number of aliphatic hydroxyl groups is 1. The summed E-state index contributed by atoms with van der Waals surface area (Å²) in [5.41, 5.74) is 0. The summed E-state index contributed by atoms with van der Waals surface area (Å²) in [6.07, 6.45) is 23.4. The van der Waals surface area contributed by atoms with E-state index in [0.29, 0.717) is 59.5 Å². The Balaban J connectivity index is 3.04. The quantitative estimate of drug-likeness (QED) is 0.0973. The molecule has 34 heavy (non-hydrogen) atoms. The first kappa shape index (κ1) is 33.5. The van der Waals surface area contributed by atoms with Gasteiger partial charge in [0.15, 0.2) is 0 Å². The molecular formula is C28H56O6. The van der Waals surface area contributed by atoms with Crippen LogP contribution in [0.15, 0.2) is 12.2 Å². The third-order valence-corrected chi connectivity index (χ3v) is 5.52. The molecule has 0 bridgehead atoms. The Bertz CT molecular complexity index is 378. The van der Waals surface area contributed by atoms with Crippen molar-refractivity contribution in [2.75, 3.05) is 72.7 Å². The first-order valence-corrected chi connectivity index (χ1v) is 14.1. The van der Waals surface area contributed by atoms with Crippen LogP contribution in [0.1, 0.15) is 96.8 Å². The van der Waals surface area contributed by atoms with E-state index in [1.165, 1.54) is 83.5 Å². The van der Waals surface area contributed by atoms with Crippen molar-refractivity contribution in [2.24, 2.45) is 0 Å². The minimum atomic E-state index is 0.0476. The van der Waals surface area contributed by atoms with Gasteiger partial charge in [-0.15, -0.1) is 0 Å². The van der Waals surface area contributed by atoms with E-state index in [1.54, 1.807) is 0 Å². The summed E-state index contributed by atoms with van der Waals surface area (Å²) in [5, 5.41) is 8.56. The van der Waals surface area contributed by atoms with Crippen molar-refractivity contribution in [3.63, 3.8) is 0 Å². The maximum absolute atomic E-state index is 8.56. The number of unbranched alkanes of at least 4 members (excludes halogenated alkanes) is 12. The molecular weight excluding hydrogens is 432 g/mol. The van der Waals surface area contributed by atoms with Gasteiger partial charge in [0.25, 0.3) is 0 Å². The molecule has 204 valence electrons. The van der Waals surface area contributed by atoms with Gasteiger partial charge < -0.3 is 28.8 Å². The standard InChI is InChI=1S/C28H56O6/c1-2-3-4-5-6-7-8-9-10-11-12-13-14-15-16-17-19-30-21-23-32-25-27-34-28-26-33-24-22-31-20-18-29/h9-10,29H,2-8,11-28H2,1H3/b10-9-. The topological polar surface area (TPSA) is 66.4 Å². The zero-order valence-corrected chi connectivity index (χ0v) is 22.3. The summed E-state index contributed by atoms with van der Waals surface area (Å²) < 4.78 is 27.0. The van der Waals surface area contributed by atoms with E-state index in [2.05, 4.69) is 19.1 Å². The van der Waals surface area contributed by atoms with Crippen molar-refractivity contribution in [3.05, 3.63) is 12.2 Å². The summed E-state index contributed by atoms with van der Waals surface area (Å²) in [4.78, 5) is 0. The second kappa shape index (κ2) is 32.5. The van der Waals surface area contributed by atoms with Gasteiger partial charge in [-0.25, -0.2) is 0 Å². The van der Waals surface area contributed by atoms with Crippen molar-refractivity contribution in [2.45, 2.75) is 96.8 Å². The lowest BCUT2D eigenvalue weighted by atomic mass is 10.1. The molecule has 0 saturated carbocycles. The molecule has 0 radical (unpaired) electrons. The van der Waals surface area contributed by atoms with Gasteiger partial charge in [0.1, 0.15) is 0 Å². The average molecular weight is 489 g/mol. The van der Waals surface area contributed by atoms with Crippen molar-refractivity contribution < 1.29 is 28.8 Å². The van der Waals surface area contributed by atoms with Crippen LogP contribution < -0.4 is 0 Å². The van der Waals surface area contributed by atoms with Crippen molar-refractivity contribution in [1.82, 2.24) is 0 Å². The Hall–Kier alpha value is -0.500. The predicted octanol–water partition coefficient (Wildman–Crippen LogP) is 6.10. The van der Waals surface area contributed by atoms with E-state index in [1.807, 2.05) is 0 Å². The highest BCUT2D eigenvalue weighted by atomic mass is 16.6. The van der Waals surface area contributed by atoms with Crippen LogP contribution in [0.5, 0.6) is 0 Å². The molecule has 0 aromatic heterocycles. The Morgan fingerprint density at radius 1 is 0.412 bits per heavy atom. The molecule has 0 aromatic carbocycles. The van der Waals surface area contributed by atoms with E-state index in [4.69, 9.17) is 28.8 Å². The van der Waals surface area contributed by atoms with Crippen LogP contribution in [0.2, 0.25) is 0 Å². The minimum absolute atomic E-state index is 0.0476. The van der Waals surface area contributed by atoms with Gasteiger partial charge >= 0.3 is 0 Å². The highest BCUT2D eigenvalue weighted by Gasteiger charge is 1.95. The Kier molecular flexibility index (Phi) is 32.0. The molecule has 1 N–H and O–H groups in total. The molecule has 0 heterocycles. The molecule has 0 amide bonds. The maximum atomic E-state index is 8.56. The number of ether oxygens (including phenoxy) is 5. The minimum Gasteiger partial charge on any atom is -0.394 e. The molecule has 0 atom stereocenters. The predicted molar refractivity (Wildman–Crippen MR) is 141 cm³/mol. The van der Waals surface area contributed by atoms with Crippen LogP contribution in [0.25, 0.3) is 0 Å². The summed E-state index contributed by atoms with van der Waals surface area (Å²) in [6.45, 7) is 8.06. The lowest BCUT2D eigenvalue weighted by molar-refractivity contribution is -0.0134. The fraction of sp³-hybridized carbons (Fsp3) is 0.929. The lowest BCUT2D eigenvalue weighted by Gasteiger charge is -2.08. The average Bonchev–Trinajstić information content (AvgIpc) is 2.85. The Morgan fingerprint density at radius 3 is 1.21 bits per heavy atom. The molecule has 0 aliphatic heterocycles. The van der Waals surface area contributed by atoms with Crippen LogP contribution in [-0.4, -0.2) is 77.8 Å². The van der Waals surface area contributed by atoms with Gasteiger partial charge in [-0.3, -0.25) is 0 Å². The summed E-state index contributed by atoms with van der Waals surface area (Å²) in [7, 11) is 0. The van der Waals surface area contributed by atoms with Crippen molar-refractivity contribution in [3.8, 4) is 0 Å². The number of hydrogen-bond acceptors (Lipinski definition) is 6. The van der Waals surface area contributed by atoms with Crippen LogP contribution in [0, 0.1) is 0 Å². The highest BCUT2D eigenvalue weighted by Crippen LogP contribution is 2.10. The lowest BCUT2D eigenvalue weighted by Crippen LogP contribution is -2.13. The number of aliphatic hydroxyl groups excluding tert-OH is 1. The molecule has 0 spiro atoms. The molecule has 0 aliphatic carbocycles. The second-order valence-electron chi connectivity index (χ2n) is 8.72. The van der Waals surface area contributed by atoms with Gasteiger partial charge in [0.05, 0.1) is 66.1 Å². The van der Waals surface area contributed by atoms with Crippen molar-refractivity contribution >= 4 is 0 Å². The van der Waals surface area contributed by atoms with Crippen LogP contribution in [0.3, 0.4) is 0 Å². The largest absolute Gasteiger partial charge is 0.394 e. The molecule has 6 nitrogen and oxygen atoms in total. The number of rotatable bonds is 30. The van der Waals surface area contributed by atoms with Gasteiger partial charge in [0, 0.05) is 6.61 Å². The Labute approximate surface area is 210 Å². The third kappa shape index (κ3) is 31.5. The fourth-order valence-electron chi connectivity index (χ4n) is 3.50. The molecule has 0 saturated heterocycles. The normalized spacial score (nSPS) is 11.7. The molecule has 6 heteroatoms. The van der Waals surface area contributed by atoms with Crippen molar-refractivity contribution in [1.29, 1.82) is 0 Å². The summed E-state index contributed by atoms with van der Waals surface area (Å²) in [5.74, 6) is 0. The smallest absolute Gasteiger partial charge is 0.0701 e. The van der Waals surface area contributed by atoms with Gasteiger partial charge in [-0.05, 0) is 32.1 Å². The highest BCUT2D eigenvalue weighted by molar-refractivity contribution is 4.81. The number of hydrogen-bond donors (Lipinski definition) is 1. The van der Waals surface area contributed by atoms with Gasteiger partial charge in [-0.2, -0.15) is 0 Å². The molecule has 0 rings (SSSR count). The zero-order chi connectivity index (χ0) is 24.6. The van der Waals surface area contributed by atoms with E-state index in [-0.39, 0.29) is 6.61 Å². The monoisotopic (exact) mass is 488 g/mol. The number of allylic oxidation sites excluding steroid dienone is 2. The molecule has 0 unspecified atom stereocenters. The summed E-state index contributed by atoms with van der Waals surface area (Å²) in [6, 6.07) is 0. The van der Waals surface area contributed by atoms with E-state index in [0.717, 1.165) is 13.0 Å². The first-order chi connectivity index (χ1) is 16.9. The Morgan fingerprint density at radius 2 is 0.765 bits per heavy atom. The van der Waals surface area contributed by atoms with E-state index >= 15 is 0 Å². The fourth-order valence-corrected chi connectivity index (χ4v) is 3.50. The van der Waals surface area contributed by atoms with Gasteiger partial charge in [-0.1, -0.05) is 76.9 Å². The molecule has 0 fully saturated rings. The third-order valence-electron chi connectivity index (χ3n) is 5.52. The molecule has 0 aromatic rings. The molecule has 0 aliphatic rings.